The van der Waals surface area contributed by atoms with Gasteiger partial charge in [0.15, 0.2) is 0 Å². The number of nitrogens with two attached hydrogens (primary N) is 2. The van der Waals surface area contributed by atoms with Crippen LogP contribution in [-0.4, -0.2) is 13.4 Å². The fraction of sp³-hybridized carbons (Fsp3) is 0.226. The van der Waals surface area contributed by atoms with Gasteiger partial charge in [-0.15, -0.1) is 0 Å². The maximum Gasteiger partial charge on any atom is 0.238 e. The second kappa shape index (κ2) is 28.7. The summed E-state index contributed by atoms with van der Waals surface area (Å²) < 4.78 is 21.7. The molecule has 7 aromatic rings. The van der Waals surface area contributed by atoms with Crippen molar-refractivity contribution < 1.29 is 8.42 Å². The van der Waals surface area contributed by atoms with Crippen molar-refractivity contribution in [1.82, 2.24) is 4.98 Å². The summed E-state index contributed by atoms with van der Waals surface area (Å²) >= 11 is 0. The molecule has 0 radical (unpaired) electrons. The molecule has 312 valence electrons. The van der Waals surface area contributed by atoms with E-state index in [4.69, 9.17) is 10.9 Å². The first-order chi connectivity index (χ1) is 28.0. The predicted molar refractivity (Wildman–Crippen MR) is 254 cm³/mol. The van der Waals surface area contributed by atoms with E-state index in [1.807, 2.05) is 31.2 Å². The van der Waals surface area contributed by atoms with Gasteiger partial charge in [0, 0.05) is 18.9 Å². The third kappa shape index (κ3) is 22.8. The van der Waals surface area contributed by atoms with E-state index >= 15 is 0 Å². The Hall–Kier alpha value is -5.66. The summed E-state index contributed by atoms with van der Waals surface area (Å²) in [7, 11) is -3.53. The van der Waals surface area contributed by atoms with Gasteiger partial charge in [-0.25, -0.2) is 13.6 Å². The first-order valence-electron chi connectivity index (χ1n) is 19.8. The molecule has 0 spiro atoms. The maximum atomic E-state index is 10.8. The average molecular weight is 810 g/mol. The van der Waals surface area contributed by atoms with Crippen LogP contribution in [0.25, 0.3) is 0 Å². The van der Waals surface area contributed by atoms with Gasteiger partial charge in [-0.1, -0.05) is 140 Å². The normalized spacial score (nSPS) is 9.64. The molecule has 0 aliphatic carbocycles. The van der Waals surface area contributed by atoms with E-state index in [2.05, 4.69) is 176 Å². The van der Waals surface area contributed by atoms with E-state index in [0.29, 0.717) is 12.1 Å². The number of pyridine rings is 1. The van der Waals surface area contributed by atoms with E-state index < -0.39 is 10.0 Å². The van der Waals surface area contributed by atoms with E-state index in [0.717, 1.165) is 0 Å². The molecule has 0 saturated heterocycles. The van der Waals surface area contributed by atoms with E-state index in [1.54, 1.807) is 37.5 Å². The number of hydrogen-bond donors (Lipinski definition) is 2. The Bertz CT molecular complexity index is 2060. The van der Waals surface area contributed by atoms with Crippen molar-refractivity contribution in [3.05, 3.63) is 237 Å². The predicted octanol–water partition coefficient (Wildman–Crippen LogP) is 12.7. The molecule has 0 aliphatic heterocycles. The van der Waals surface area contributed by atoms with Gasteiger partial charge in [0.25, 0.3) is 0 Å². The Morgan fingerprint density at radius 2 is 0.627 bits per heavy atom. The molecule has 6 aromatic carbocycles. The zero-order valence-corrected chi connectivity index (χ0v) is 38.0. The van der Waals surface area contributed by atoms with Crippen LogP contribution >= 0.6 is 0 Å². The topological polar surface area (TPSA) is 99.1 Å². The molecule has 0 atom stereocenters. The Morgan fingerprint density at radius 1 is 0.373 bits per heavy atom. The number of nitrogens with zero attached hydrogens (tertiary/aromatic N) is 1. The molecule has 5 nitrogen and oxygen atoms in total. The second-order valence-electron chi connectivity index (χ2n) is 14.3. The van der Waals surface area contributed by atoms with Crippen LogP contribution in [-0.2, 0) is 16.6 Å². The molecule has 1 heterocycles. The highest BCUT2D eigenvalue weighted by molar-refractivity contribution is 7.89. The summed E-state index contributed by atoms with van der Waals surface area (Å²) in [4.78, 5) is 4.04. The zero-order chi connectivity index (χ0) is 44.2. The first-order valence-corrected chi connectivity index (χ1v) is 21.3. The van der Waals surface area contributed by atoms with Crippen LogP contribution in [0, 0.1) is 76.2 Å². The van der Waals surface area contributed by atoms with Crippen molar-refractivity contribution in [2.45, 2.75) is 87.6 Å². The summed E-state index contributed by atoms with van der Waals surface area (Å²) in [5.41, 5.74) is 20.8. The molecule has 59 heavy (non-hydrogen) atoms. The third-order valence-corrected chi connectivity index (χ3v) is 10.5. The Kier molecular flexibility index (Phi) is 25.0. The Balaban J connectivity index is 0.000000346. The van der Waals surface area contributed by atoms with Crippen LogP contribution < -0.4 is 10.9 Å². The Morgan fingerprint density at radius 3 is 0.797 bits per heavy atom. The van der Waals surface area contributed by atoms with Crippen LogP contribution in [0.1, 0.15) is 66.8 Å². The van der Waals surface area contributed by atoms with E-state index in [1.165, 1.54) is 67.3 Å². The molecule has 0 fully saturated rings. The molecule has 6 heteroatoms. The molecule has 4 N–H and O–H groups in total. The van der Waals surface area contributed by atoms with E-state index in [9.17, 15) is 8.42 Å². The zero-order valence-electron chi connectivity index (χ0n) is 37.2. The average Bonchev–Trinajstić information content (AvgIpc) is 3.21. The molecule has 0 amide bonds. The molecule has 0 saturated carbocycles. The summed E-state index contributed by atoms with van der Waals surface area (Å²) in [5, 5.41) is 4.93. The molecular weight excluding hydrogens is 743 g/mol. The van der Waals surface area contributed by atoms with Crippen molar-refractivity contribution in [3.8, 4) is 0 Å². The van der Waals surface area contributed by atoms with Crippen molar-refractivity contribution in [3.63, 3.8) is 0 Å². The van der Waals surface area contributed by atoms with Crippen LogP contribution in [0.4, 0.5) is 0 Å². The van der Waals surface area contributed by atoms with Gasteiger partial charge in [0.2, 0.25) is 10.0 Å². The van der Waals surface area contributed by atoms with Crippen molar-refractivity contribution in [2.75, 3.05) is 0 Å². The van der Waals surface area contributed by atoms with Crippen LogP contribution in [0.2, 0.25) is 0 Å². The highest BCUT2D eigenvalue weighted by Gasteiger charge is 2.08. The van der Waals surface area contributed by atoms with Gasteiger partial charge in [0.05, 0.1) is 4.90 Å². The van der Waals surface area contributed by atoms with Gasteiger partial charge in [0.1, 0.15) is 0 Å². The number of benzene rings is 6. The number of aryl methyl sites for hydroxylation is 11. The standard InChI is InChI=1S/C8H11N.4C8H10.C7H9NO2S.C6H7N/c1-7-4-2-3-5-8(7)6-9;4*1-7-5-3-4-6-8(7)2;1-6-4-2-3-5-7(6)11(8,9)10;1-6-2-4-7-5-3-6/h2-5H,6,9H2,1H3;4*3-6H,1-2H3;2-5H,1H3,(H2,8,9,10);2-5H,1H3. The third-order valence-electron chi connectivity index (χ3n) is 9.43. The molecule has 1 aromatic heterocycles. The number of rotatable bonds is 2. The summed E-state index contributed by atoms with van der Waals surface area (Å²) in [6, 6.07) is 52.1. The van der Waals surface area contributed by atoms with Crippen LogP contribution in [0.5, 0.6) is 0 Å². The minimum atomic E-state index is -3.53. The quantitative estimate of drug-likeness (QED) is 0.182. The van der Waals surface area contributed by atoms with E-state index in [-0.39, 0.29) is 4.90 Å². The first kappa shape index (κ1) is 51.4. The lowest BCUT2D eigenvalue weighted by Crippen LogP contribution is -2.13. The van der Waals surface area contributed by atoms with Crippen molar-refractivity contribution in [1.29, 1.82) is 0 Å². The summed E-state index contributed by atoms with van der Waals surface area (Å²) in [6.07, 6.45) is 3.57. The SMILES string of the molecule is Cc1ccccc1C.Cc1ccccc1C.Cc1ccccc1C.Cc1ccccc1C.Cc1ccccc1CN.Cc1ccccc1S(N)(=O)=O.Cc1ccncc1. The molecule has 0 aliphatic rings. The molecule has 7 rings (SSSR count). The Labute approximate surface area is 357 Å². The minimum Gasteiger partial charge on any atom is -0.326 e. The fourth-order valence-electron chi connectivity index (χ4n) is 4.79. The second-order valence-corrected chi connectivity index (χ2v) is 15.8. The van der Waals surface area contributed by atoms with Crippen LogP contribution in [0.3, 0.4) is 0 Å². The number of aromatic nitrogens is 1. The number of sulfonamides is 1. The van der Waals surface area contributed by atoms with Gasteiger partial charge in [-0.3, -0.25) is 4.98 Å². The monoisotopic (exact) mass is 809 g/mol. The molecular formula is C53H67N3O2S. The number of primary sulfonamides is 1. The summed E-state index contributed by atoms with van der Waals surface area (Å²) in [5.74, 6) is 0. The molecule has 0 unspecified atom stereocenters. The summed E-state index contributed by atoms with van der Waals surface area (Å²) in [6.45, 7) is 23.4. The van der Waals surface area contributed by atoms with Crippen molar-refractivity contribution >= 4 is 10.0 Å². The number of hydrogen-bond acceptors (Lipinski definition) is 4. The highest BCUT2D eigenvalue weighted by atomic mass is 32.2. The van der Waals surface area contributed by atoms with Gasteiger partial charge >= 0.3 is 0 Å². The lowest BCUT2D eigenvalue weighted by molar-refractivity contribution is 0.597. The largest absolute Gasteiger partial charge is 0.326 e. The van der Waals surface area contributed by atoms with Crippen LogP contribution in [0.15, 0.2) is 175 Å². The minimum absolute atomic E-state index is 0.194. The van der Waals surface area contributed by atoms with Gasteiger partial charge in [-0.05, 0) is 161 Å². The fourth-order valence-corrected chi connectivity index (χ4v) is 5.58. The van der Waals surface area contributed by atoms with Crippen molar-refractivity contribution in [2.24, 2.45) is 10.9 Å². The molecule has 0 bridgehead atoms. The lowest BCUT2D eigenvalue weighted by Gasteiger charge is -2.00. The maximum absolute atomic E-state index is 10.8. The van der Waals surface area contributed by atoms with Gasteiger partial charge < -0.3 is 5.73 Å². The smallest absolute Gasteiger partial charge is 0.238 e. The van der Waals surface area contributed by atoms with Gasteiger partial charge in [-0.2, -0.15) is 0 Å². The highest BCUT2D eigenvalue weighted by Crippen LogP contribution is 2.11. The lowest BCUT2D eigenvalue weighted by atomic mass is 10.1.